The third-order valence-corrected chi connectivity index (χ3v) is 5.63. The molecule has 0 aromatic rings. The molecule has 3 atom stereocenters. The van der Waals surface area contributed by atoms with E-state index in [1.165, 1.54) is 71.1 Å². The summed E-state index contributed by atoms with van der Waals surface area (Å²) in [5.41, 5.74) is 0. The molecule has 1 N–H and O–H groups in total. The zero-order chi connectivity index (χ0) is 15.8. The van der Waals surface area contributed by atoms with Gasteiger partial charge in [0.2, 0.25) is 0 Å². The molecule has 128 valence electrons. The molecular weight excluding hydrogens is 276 g/mol. The van der Waals surface area contributed by atoms with Crippen molar-refractivity contribution in [1.29, 1.82) is 0 Å². The summed E-state index contributed by atoms with van der Waals surface area (Å²) in [5.74, 6) is 1.36. The van der Waals surface area contributed by atoms with Gasteiger partial charge in [-0.2, -0.15) is 0 Å². The van der Waals surface area contributed by atoms with E-state index < -0.39 is 6.10 Å². The first-order valence-corrected chi connectivity index (χ1v) is 9.50. The van der Waals surface area contributed by atoms with Crippen LogP contribution in [0.25, 0.3) is 0 Å². The normalized spacial score (nSPS) is 30.2. The highest BCUT2D eigenvalue weighted by atomic mass is 16.6. The van der Waals surface area contributed by atoms with Gasteiger partial charge in [0.15, 0.2) is 0 Å². The fourth-order valence-corrected chi connectivity index (χ4v) is 4.33. The highest BCUT2D eigenvalue weighted by Gasteiger charge is 2.30. The highest BCUT2D eigenvalue weighted by molar-refractivity contribution is 5.66. The molecular formula is C19H34O3. The molecule has 3 unspecified atom stereocenters. The second-order valence-corrected chi connectivity index (χ2v) is 7.54. The average molecular weight is 310 g/mol. The smallest absolute Gasteiger partial charge is 0.302 e. The molecule has 0 bridgehead atoms. The van der Waals surface area contributed by atoms with Gasteiger partial charge in [0.05, 0.1) is 6.10 Å². The topological polar surface area (TPSA) is 46.5 Å². The molecule has 0 aliphatic heterocycles. The second kappa shape index (κ2) is 9.54. The number of aliphatic hydroxyl groups excluding tert-OH is 1. The molecule has 3 nitrogen and oxygen atoms in total. The molecule has 2 aliphatic carbocycles. The number of rotatable bonds is 7. The van der Waals surface area contributed by atoms with Crippen LogP contribution >= 0.6 is 0 Å². The van der Waals surface area contributed by atoms with Crippen LogP contribution in [0.5, 0.6) is 0 Å². The number of aliphatic hydroxyl groups is 1. The fourth-order valence-electron chi connectivity index (χ4n) is 4.33. The van der Waals surface area contributed by atoms with Crippen molar-refractivity contribution in [3.63, 3.8) is 0 Å². The lowest BCUT2D eigenvalue weighted by Crippen LogP contribution is -2.36. The van der Waals surface area contributed by atoms with Crippen LogP contribution in [0.1, 0.15) is 90.4 Å². The first-order valence-electron chi connectivity index (χ1n) is 9.50. The van der Waals surface area contributed by atoms with Gasteiger partial charge in [-0.3, -0.25) is 4.79 Å². The summed E-state index contributed by atoms with van der Waals surface area (Å²) in [4.78, 5) is 11.0. The molecule has 3 heteroatoms. The van der Waals surface area contributed by atoms with Crippen LogP contribution in [0.4, 0.5) is 0 Å². The van der Waals surface area contributed by atoms with Crippen molar-refractivity contribution in [1.82, 2.24) is 0 Å². The number of hydrogen-bond acceptors (Lipinski definition) is 3. The van der Waals surface area contributed by atoms with Crippen molar-refractivity contribution in [2.45, 2.75) is 103 Å². The Hall–Kier alpha value is -0.570. The van der Waals surface area contributed by atoms with Crippen LogP contribution in [-0.2, 0) is 9.53 Å². The van der Waals surface area contributed by atoms with E-state index in [0.717, 1.165) is 25.2 Å². The van der Waals surface area contributed by atoms with Gasteiger partial charge in [-0.1, -0.05) is 64.2 Å². The fraction of sp³-hybridized carbons (Fsp3) is 0.947. The maximum absolute atomic E-state index is 11.0. The Labute approximate surface area is 135 Å². The summed E-state index contributed by atoms with van der Waals surface area (Å²) in [6, 6.07) is 0. The minimum atomic E-state index is -0.454. The van der Waals surface area contributed by atoms with E-state index in [4.69, 9.17) is 4.74 Å². The largest absolute Gasteiger partial charge is 0.460 e. The van der Waals surface area contributed by atoms with Crippen molar-refractivity contribution >= 4 is 5.97 Å². The zero-order valence-electron chi connectivity index (χ0n) is 14.3. The van der Waals surface area contributed by atoms with Gasteiger partial charge in [-0.05, 0) is 31.1 Å². The van der Waals surface area contributed by atoms with Crippen molar-refractivity contribution in [3.05, 3.63) is 0 Å². The zero-order valence-corrected chi connectivity index (χ0v) is 14.3. The van der Waals surface area contributed by atoms with E-state index >= 15 is 0 Å². The van der Waals surface area contributed by atoms with E-state index in [2.05, 4.69) is 0 Å². The molecule has 0 heterocycles. The molecule has 2 aliphatic rings. The molecule has 0 aromatic heterocycles. The summed E-state index contributed by atoms with van der Waals surface area (Å²) in [6.45, 7) is 1.42. The lowest BCUT2D eigenvalue weighted by atomic mass is 9.81. The van der Waals surface area contributed by atoms with Crippen LogP contribution in [0.15, 0.2) is 0 Å². The summed E-state index contributed by atoms with van der Waals surface area (Å²) >= 11 is 0. The van der Waals surface area contributed by atoms with Gasteiger partial charge in [-0.25, -0.2) is 0 Å². The monoisotopic (exact) mass is 310 g/mol. The van der Waals surface area contributed by atoms with Gasteiger partial charge in [0.1, 0.15) is 6.10 Å². The number of unbranched alkanes of at least 4 members (excludes halogenated alkanes) is 2. The van der Waals surface area contributed by atoms with Crippen LogP contribution < -0.4 is 0 Å². The molecule has 22 heavy (non-hydrogen) atoms. The lowest BCUT2D eigenvalue weighted by Gasteiger charge is -2.32. The van der Waals surface area contributed by atoms with Crippen LogP contribution in [-0.4, -0.2) is 23.3 Å². The van der Waals surface area contributed by atoms with Crippen molar-refractivity contribution in [3.8, 4) is 0 Å². The minimum absolute atomic E-state index is 0.264. The van der Waals surface area contributed by atoms with Crippen LogP contribution in [0.2, 0.25) is 0 Å². The number of hydrogen-bond donors (Lipinski definition) is 1. The Morgan fingerprint density at radius 2 is 1.64 bits per heavy atom. The van der Waals surface area contributed by atoms with E-state index in [-0.39, 0.29) is 12.1 Å². The molecule has 0 radical (unpaired) electrons. The van der Waals surface area contributed by atoms with Crippen molar-refractivity contribution in [2.75, 3.05) is 0 Å². The molecule has 0 aromatic carbocycles. The molecule has 0 saturated heterocycles. The Morgan fingerprint density at radius 3 is 2.27 bits per heavy atom. The maximum Gasteiger partial charge on any atom is 0.302 e. The lowest BCUT2D eigenvalue weighted by molar-refractivity contribution is -0.156. The van der Waals surface area contributed by atoms with E-state index in [1.807, 2.05) is 0 Å². The summed E-state index contributed by atoms with van der Waals surface area (Å²) in [6.07, 6.45) is 16.0. The quantitative estimate of drug-likeness (QED) is 0.552. The first-order chi connectivity index (χ1) is 10.6. The standard InChI is InChI=1S/C19H34O3/c1-15(20)22-19-13-12-17(14-18(19)21)11-7-3-6-10-16-8-4-2-5-9-16/h16-19,21H,2-14H2,1H3. The minimum Gasteiger partial charge on any atom is -0.460 e. The Kier molecular flexibility index (Phi) is 7.71. The van der Waals surface area contributed by atoms with Gasteiger partial charge >= 0.3 is 5.97 Å². The molecule has 0 amide bonds. The maximum atomic E-state index is 11.0. The predicted molar refractivity (Wildman–Crippen MR) is 88.6 cm³/mol. The SMILES string of the molecule is CC(=O)OC1CCC(CCCCCC2CCCCC2)CC1O. The van der Waals surface area contributed by atoms with Crippen molar-refractivity contribution in [2.24, 2.45) is 11.8 Å². The number of ether oxygens (including phenoxy) is 1. The van der Waals surface area contributed by atoms with Crippen LogP contribution in [0, 0.1) is 11.8 Å². The average Bonchev–Trinajstić information content (AvgIpc) is 2.50. The Bertz CT molecular complexity index is 323. The number of esters is 1. The molecule has 2 fully saturated rings. The Balaban J connectivity index is 1.51. The van der Waals surface area contributed by atoms with E-state index in [0.29, 0.717) is 5.92 Å². The summed E-state index contributed by atoms with van der Waals surface area (Å²) in [5, 5.41) is 10.1. The molecule has 2 rings (SSSR count). The molecule has 2 saturated carbocycles. The van der Waals surface area contributed by atoms with E-state index in [9.17, 15) is 9.90 Å². The highest BCUT2D eigenvalue weighted by Crippen LogP contribution is 2.31. The van der Waals surface area contributed by atoms with E-state index in [1.54, 1.807) is 0 Å². The summed E-state index contributed by atoms with van der Waals surface area (Å²) in [7, 11) is 0. The van der Waals surface area contributed by atoms with Gasteiger partial charge < -0.3 is 9.84 Å². The first kappa shape index (κ1) is 17.8. The van der Waals surface area contributed by atoms with Gasteiger partial charge in [0, 0.05) is 6.92 Å². The molecule has 0 spiro atoms. The number of carbonyl (C=O) groups excluding carboxylic acids is 1. The van der Waals surface area contributed by atoms with Crippen molar-refractivity contribution < 1.29 is 14.6 Å². The third kappa shape index (κ3) is 6.28. The van der Waals surface area contributed by atoms with Crippen LogP contribution in [0.3, 0.4) is 0 Å². The van der Waals surface area contributed by atoms with Gasteiger partial charge in [-0.15, -0.1) is 0 Å². The van der Waals surface area contributed by atoms with Gasteiger partial charge in [0.25, 0.3) is 0 Å². The Morgan fingerprint density at radius 1 is 0.955 bits per heavy atom. The predicted octanol–water partition coefficient (Wildman–Crippen LogP) is 4.61. The number of carbonyl (C=O) groups is 1. The summed E-state index contributed by atoms with van der Waals surface area (Å²) < 4.78 is 5.17. The second-order valence-electron chi connectivity index (χ2n) is 7.54. The third-order valence-electron chi connectivity index (χ3n) is 5.63.